The maximum absolute atomic E-state index is 8.92. The SMILES string of the molecule is COc1ccccc1-n1cnc(CO)c1. The van der Waals surface area contributed by atoms with E-state index in [1.807, 2.05) is 28.8 Å². The summed E-state index contributed by atoms with van der Waals surface area (Å²) in [5, 5.41) is 8.92. The van der Waals surface area contributed by atoms with Gasteiger partial charge in [-0.1, -0.05) is 12.1 Å². The van der Waals surface area contributed by atoms with Crippen LogP contribution in [-0.4, -0.2) is 21.8 Å². The van der Waals surface area contributed by atoms with Gasteiger partial charge in [-0.15, -0.1) is 0 Å². The van der Waals surface area contributed by atoms with Crippen LogP contribution in [0.1, 0.15) is 5.69 Å². The van der Waals surface area contributed by atoms with E-state index in [-0.39, 0.29) is 6.61 Å². The Hall–Kier alpha value is -1.81. The second-order valence-corrected chi connectivity index (χ2v) is 3.10. The highest BCUT2D eigenvalue weighted by atomic mass is 16.5. The third-order valence-corrected chi connectivity index (χ3v) is 2.16. The number of aliphatic hydroxyl groups excluding tert-OH is 1. The molecule has 0 amide bonds. The van der Waals surface area contributed by atoms with Gasteiger partial charge in [0.25, 0.3) is 0 Å². The summed E-state index contributed by atoms with van der Waals surface area (Å²) in [6, 6.07) is 7.65. The molecule has 0 unspecified atom stereocenters. The van der Waals surface area contributed by atoms with Crippen LogP contribution < -0.4 is 4.74 Å². The fourth-order valence-electron chi connectivity index (χ4n) is 1.42. The molecule has 0 bridgehead atoms. The molecule has 1 aromatic heterocycles. The predicted octanol–water partition coefficient (Wildman–Crippen LogP) is 1.37. The topological polar surface area (TPSA) is 47.3 Å². The third-order valence-electron chi connectivity index (χ3n) is 2.16. The molecule has 2 aromatic rings. The zero-order valence-corrected chi connectivity index (χ0v) is 8.42. The van der Waals surface area contributed by atoms with Crippen molar-refractivity contribution in [2.75, 3.05) is 7.11 Å². The summed E-state index contributed by atoms with van der Waals surface area (Å²) >= 11 is 0. The molecule has 0 saturated carbocycles. The summed E-state index contributed by atoms with van der Waals surface area (Å²) in [7, 11) is 1.63. The van der Waals surface area contributed by atoms with E-state index < -0.39 is 0 Å². The van der Waals surface area contributed by atoms with Crippen molar-refractivity contribution in [3.63, 3.8) is 0 Å². The average Bonchev–Trinajstić information content (AvgIpc) is 2.77. The first-order valence-corrected chi connectivity index (χ1v) is 4.62. The lowest BCUT2D eigenvalue weighted by Crippen LogP contribution is -1.94. The third kappa shape index (κ3) is 1.85. The van der Waals surface area contributed by atoms with Gasteiger partial charge in [0.2, 0.25) is 0 Å². The van der Waals surface area contributed by atoms with Gasteiger partial charge >= 0.3 is 0 Å². The molecule has 2 rings (SSSR count). The molecule has 0 atom stereocenters. The van der Waals surface area contributed by atoms with Crippen LogP contribution in [0.25, 0.3) is 5.69 Å². The number of ether oxygens (including phenoxy) is 1. The highest BCUT2D eigenvalue weighted by Gasteiger charge is 2.04. The number of aliphatic hydroxyl groups is 1. The van der Waals surface area contributed by atoms with E-state index in [0.29, 0.717) is 5.69 Å². The molecule has 1 N–H and O–H groups in total. The normalized spacial score (nSPS) is 10.3. The lowest BCUT2D eigenvalue weighted by atomic mass is 10.3. The smallest absolute Gasteiger partial charge is 0.142 e. The summed E-state index contributed by atoms with van der Waals surface area (Å²) in [5.74, 6) is 0.777. The zero-order chi connectivity index (χ0) is 10.7. The van der Waals surface area contributed by atoms with Crippen molar-refractivity contribution in [1.82, 2.24) is 9.55 Å². The van der Waals surface area contributed by atoms with Crippen LogP contribution in [0.2, 0.25) is 0 Å². The molecule has 0 radical (unpaired) electrons. The number of para-hydroxylation sites is 2. The second-order valence-electron chi connectivity index (χ2n) is 3.10. The van der Waals surface area contributed by atoms with Crippen molar-refractivity contribution in [3.05, 3.63) is 42.5 Å². The molecule has 1 aromatic carbocycles. The zero-order valence-electron chi connectivity index (χ0n) is 8.42. The Morgan fingerprint density at radius 1 is 1.40 bits per heavy atom. The number of rotatable bonds is 3. The average molecular weight is 204 g/mol. The molecule has 78 valence electrons. The molecule has 4 nitrogen and oxygen atoms in total. The van der Waals surface area contributed by atoms with Gasteiger partial charge in [0.1, 0.15) is 5.75 Å². The van der Waals surface area contributed by atoms with Crippen LogP contribution in [0.15, 0.2) is 36.8 Å². The Bertz CT molecular complexity index is 451. The van der Waals surface area contributed by atoms with Crippen molar-refractivity contribution in [2.24, 2.45) is 0 Å². The van der Waals surface area contributed by atoms with Crippen LogP contribution in [0.3, 0.4) is 0 Å². The highest BCUT2D eigenvalue weighted by Crippen LogP contribution is 2.21. The van der Waals surface area contributed by atoms with Crippen molar-refractivity contribution in [3.8, 4) is 11.4 Å². The molecule has 15 heavy (non-hydrogen) atoms. The maximum Gasteiger partial charge on any atom is 0.142 e. The van der Waals surface area contributed by atoms with Crippen molar-refractivity contribution in [2.45, 2.75) is 6.61 Å². The first-order chi connectivity index (χ1) is 7.35. The molecule has 0 aliphatic heterocycles. The van der Waals surface area contributed by atoms with Crippen molar-refractivity contribution in [1.29, 1.82) is 0 Å². The Morgan fingerprint density at radius 2 is 2.20 bits per heavy atom. The molecule has 0 aliphatic rings. The Kier molecular flexibility index (Phi) is 2.69. The minimum absolute atomic E-state index is 0.0534. The number of hydrogen-bond acceptors (Lipinski definition) is 3. The fourth-order valence-corrected chi connectivity index (χ4v) is 1.42. The van der Waals surface area contributed by atoms with Crippen LogP contribution in [0.4, 0.5) is 0 Å². The van der Waals surface area contributed by atoms with Gasteiger partial charge in [-0.25, -0.2) is 4.98 Å². The molecular formula is C11H12N2O2. The molecule has 1 heterocycles. The maximum atomic E-state index is 8.92. The number of nitrogens with zero attached hydrogens (tertiary/aromatic N) is 2. The molecule has 0 fully saturated rings. The van der Waals surface area contributed by atoms with Gasteiger partial charge in [0.05, 0.1) is 31.4 Å². The largest absolute Gasteiger partial charge is 0.495 e. The molecule has 0 saturated heterocycles. The first kappa shape index (κ1) is 9.73. The second kappa shape index (κ2) is 4.14. The van der Waals surface area contributed by atoms with Crippen molar-refractivity contribution < 1.29 is 9.84 Å². The number of benzene rings is 1. The van der Waals surface area contributed by atoms with E-state index in [9.17, 15) is 0 Å². The highest BCUT2D eigenvalue weighted by molar-refractivity contribution is 5.46. The molecular weight excluding hydrogens is 192 g/mol. The summed E-state index contributed by atoms with van der Waals surface area (Å²) in [4.78, 5) is 4.04. The minimum Gasteiger partial charge on any atom is -0.495 e. The fraction of sp³-hybridized carbons (Fsp3) is 0.182. The van der Waals surface area contributed by atoms with Gasteiger partial charge < -0.3 is 14.4 Å². The van der Waals surface area contributed by atoms with Crippen LogP contribution in [0, 0.1) is 0 Å². The van der Waals surface area contributed by atoms with Gasteiger partial charge in [-0.05, 0) is 12.1 Å². The van der Waals surface area contributed by atoms with E-state index in [1.54, 1.807) is 19.6 Å². The van der Waals surface area contributed by atoms with Gasteiger partial charge in [-0.2, -0.15) is 0 Å². The molecule has 0 spiro atoms. The van der Waals surface area contributed by atoms with Gasteiger partial charge in [0, 0.05) is 6.20 Å². The standard InChI is InChI=1S/C11H12N2O2/c1-15-11-5-3-2-4-10(11)13-6-9(7-14)12-8-13/h2-6,8,14H,7H2,1H3. The van der Waals surface area contributed by atoms with E-state index in [1.165, 1.54) is 0 Å². The number of imidazole rings is 1. The lowest BCUT2D eigenvalue weighted by molar-refractivity contribution is 0.277. The first-order valence-electron chi connectivity index (χ1n) is 4.62. The number of methoxy groups -OCH3 is 1. The van der Waals surface area contributed by atoms with E-state index in [2.05, 4.69) is 4.98 Å². The monoisotopic (exact) mass is 204 g/mol. The van der Waals surface area contributed by atoms with Crippen LogP contribution >= 0.6 is 0 Å². The van der Waals surface area contributed by atoms with E-state index in [4.69, 9.17) is 9.84 Å². The summed E-state index contributed by atoms with van der Waals surface area (Å²) < 4.78 is 7.06. The predicted molar refractivity (Wildman–Crippen MR) is 56.0 cm³/mol. The lowest BCUT2D eigenvalue weighted by Gasteiger charge is -2.07. The van der Waals surface area contributed by atoms with Gasteiger partial charge in [0.15, 0.2) is 0 Å². The Labute approximate surface area is 87.8 Å². The van der Waals surface area contributed by atoms with Crippen LogP contribution in [-0.2, 0) is 6.61 Å². The number of hydrogen-bond donors (Lipinski definition) is 1. The van der Waals surface area contributed by atoms with Crippen molar-refractivity contribution >= 4 is 0 Å². The van der Waals surface area contributed by atoms with E-state index in [0.717, 1.165) is 11.4 Å². The quantitative estimate of drug-likeness (QED) is 0.821. The molecule has 4 heteroatoms. The Morgan fingerprint density at radius 3 is 2.87 bits per heavy atom. The molecule has 0 aliphatic carbocycles. The van der Waals surface area contributed by atoms with E-state index >= 15 is 0 Å². The summed E-state index contributed by atoms with van der Waals surface area (Å²) in [6.07, 6.45) is 3.43. The summed E-state index contributed by atoms with van der Waals surface area (Å²) in [5.41, 5.74) is 1.55. The summed E-state index contributed by atoms with van der Waals surface area (Å²) in [6.45, 7) is -0.0534. The van der Waals surface area contributed by atoms with Gasteiger partial charge in [-0.3, -0.25) is 0 Å². The Balaban J connectivity index is 2.44. The number of aromatic nitrogens is 2. The minimum atomic E-state index is -0.0534. The van der Waals surface area contributed by atoms with Crippen LogP contribution in [0.5, 0.6) is 5.75 Å².